The number of nitro benzene ring substituents is 1. The van der Waals surface area contributed by atoms with E-state index in [0.29, 0.717) is 11.6 Å². The van der Waals surface area contributed by atoms with Crippen LogP contribution in [0, 0.1) is 21.8 Å². The van der Waals surface area contributed by atoms with Crippen LogP contribution < -0.4 is 5.32 Å². The quantitative estimate of drug-likeness (QED) is 0.659. The van der Waals surface area contributed by atoms with Gasteiger partial charge in [0.1, 0.15) is 11.5 Å². The number of hydrogen-bond acceptors (Lipinski definition) is 3. The number of benzene rings is 1. The van der Waals surface area contributed by atoms with Crippen LogP contribution in [-0.4, -0.2) is 11.0 Å². The summed E-state index contributed by atoms with van der Waals surface area (Å²) in [5, 5.41) is 14.2. The first-order valence-corrected chi connectivity index (χ1v) is 6.82. The summed E-state index contributed by atoms with van der Waals surface area (Å²) in [5.41, 5.74) is 0.247. The molecule has 4 nitrogen and oxygen atoms in total. The van der Waals surface area contributed by atoms with Gasteiger partial charge in [-0.2, -0.15) is 0 Å². The molecule has 1 aliphatic carbocycles. The Hall–Kier alpha value is -1.65. The van der Waals surface area contributed by atoms with E-state index in [9.17, 15) is 14.5 Å². The SMILES string of the molecule is CCC1CCCCC1Nc1cc(F)ccc1[N+](=O)[O-]. The van der Waals surface area contributed by atoms with Gasteiger partial charge >= 0.3 is 0 Å². The van der Waals surface area contributed by atoms with Gasteiger partial charge in [0.15, 0.2) is 0 Å². The number of hydrogen-bond donors (Lipinski definition) is 1. The van der Waals surface area contributed by atoms with Gasteiger partial charge in [-0.1, -0.05) is 26.2 Å². The second kappa shape index (κ2) is 5.99. The maximum absolute atomic E-state index is 13.3. The zero-order valence-electron chi connectivity index (χ0n) is 11.1. The van der Waals surface area contributed by atoms with Crippen LogP contribution in [0.4, 0.5) is 15.8 Å². The molecule has 1 aromatic carbocycles. The first kappa shape index (κ1) is 13.8. The Balaban J connectivity index is 2.21. The van der Waals surface area contributed by atoms with E-state index in [-0.39, 0.29) is 11.7 Å². The van der Waals surface area contributed by atoms with E-state index in [4.69, 9.17) is 0 Å². The summed E-state index contributed by atoms with van der Waals surface area (Å²) in [6.07, 6.45) is 5.50. The lowest BCUT2D eigenvalue weighted by Crippen LogP contribution is -2.32. The molecule has 1 saturated carbocycles. The average Bonchev–Trinajstić information content (AvgIpc) is 2.39. The Morgan fingerprint density at radius 3 is 2.84 bits per heavy atom. The molecule has 1 aromatic rings. The van der Waals surface area contributed by atoms with E-state index >= 15 is 0 Å². The van der Waals surface area contributed by atoms with Gasteiger partial charge in [-0.25, -0.2) is 4.39 Å². The Bertz CT molecular complexity index is 465. The number of nitrogens with zero attached hydrogens (tertiary/aromatic N) is 1. The molecule has 1 N–H and O–H groups in total. The summed E-state index contributed by atoms with van der Waals surface area (Å²) in [7, 11) is 0. The molecule has 0 saturated heterocycles. The fourth-order valence-corrected chi connectivity index (χ4v) is 2.87. The van der Waals surface area contributed by atoms with Gasteiger partial charge in [-0.3, -0.25) is 10.1 Å². The van der Waals surface area contributed by atoms with Crippen LogP contribution in [0.2, 0.25) is 0 Å². The van der Waals surface area contributed by atoms with Gasteiger partial charge in [-0.05, 0) is 24.8 Å². The predicted octanol–water partition coefficient (Wildman–Crippen LogP) is 4.11. The first-order chi connectivity index (χ1) is 9.11. The van der Waals surface area contributed by atoms with Gasteiger partial charge < -0.3 is 5.32 Å². The van der Waals surface area contributed by atoms with Crippen LogP contribution in [0.15, 0.2) is 18.2 Å². The largest absolute Gasteiger partial charge is 0.376 e. The van der Waals surface area contributed by atoms with Crippen LogP contribution in [0.25, 0.3) is 0 Å². The zero-order valence-corrected chi connectivity index (χ0v) is 11.1. The van der Waals surface area contributed by atoms with Crippen molar-refractivity contribution in [3.63, 3.8) is 0 Å². The maximum Gasteiger partial charge on any atom is 0.292 e. The van der Waals surface area contributed by atoms with Gasteiger partial charge in [0, 0.05) is 18.2 Å². The minimum absolute atomic E-state index is 0.0539. The van der Waals surface area contributed by atoms with Crippen molar-refractivity contribution >= 4 is 11.4 Å². The predicted molar refractivity (Wildman–Crippen MR) is 72.7 cm³/mol. The highest BCUT2D eigenvalue weighted by Gasteiger charge is 2.26. The Kier molecular flexibility index (Phi) is 4.35. The van der Waals surface area contributed by atoms with Crippen molar-refractivity contribution in [2.24, 2.45) is 5.92 Å². The molecule has 1 fully saturated rings. The Morgan fingerprint density at radius 1 is 1.42 bits per heavy atom. The van der Waals surface area contributed by atoms with Crippen molar-refractivity contribution < 1.29 is 9.31 Å². The smallest absolute Gasteiger partial charge is 0.292 e. The molecule has 0 heterocycles. The molecule has 0 aliphatic heterocycles. The highest BCUT2D eigenvalue weighted by Crippen LogP contribution is 2.32. The fraction of sp³-hybridized carbons (Fsp3) is 0.571. The summed E-state index contributed by atoms with van der Waals surface area (Å²) >= 11 is 0. The molecule has 2 unspecified atom stereocenters. The molecule has 0 bridgehead atoms. The third-order valence-corrected chi connectivity index (χ3v) is 3.93. The summed E-state index contributed by atoms with van der Waals surface area (Å²) in [6, 6.07) is 3.78. The van der Waals surface area contributed by atoms with E-state index in [1.165, 1.54) is 18.6 Å². The second-order valence-electron chi connectivity index (χ2n) is 5.12. The molecule has 0 aromatic heterocycles. The van der Waals surface area contributed by atoms with E-state index in [1.807, 2.05) is 0 Å². The molecule has 5 heteroatoms. The van der Waals surface area contributed by atoms with Crippen molar-refractivity contribution in [1.29, 1.82) is 0 Å². The fourth-order valence-electron chi connectivity index (χ4n) is 2.87. The van der Waals surface area contributed by atoms with Crippen LogP contribution >= 0.6 is 0 Å². The Labute approximate surface area is 112 Å². The number of nitro groups is 1. The molecule has 0 spiro atoms. The third-order valence-electron chi connectivity index (χ3n) is 3.93. The lowest BCUT2D eigenvalue weighted by molar-refractivity contribution is -0.384. The normalized spacial score (nSPS) is 23.1. The highest BCUT2D eigenvalue weighted by molar-refractivity contribution is 5.62. The van der Waals surface area contributed by atoms with E-state index < -0.39 is 10.7 Å². The molecule has 19 heavy (non-hydrogen) atoms. The van der Waals surface area contributed by atoms with E-state index in [0.717, 1.165) is 31.7 Å². The standard InChI is InChI=1S/C14H19FN2O2/c1-2-10-5-3-4-6-12(10)16-13-9-11(15)7-8-14(13)17(18)19/h7-10,12,16H,2-6H2,1H3. The molecule has 0 radical (unpaired) electrons. The van der Waals surface area contributed by atoms with Gasteiger partial charge in [0.2, 0.25) is 0 Å². The molecular formula is C14H19FN2O2. The minimum atomic E-state index is -0.467. The third kappa shape index (κ3) is 3.22. The molecule has 0 amide bonds. The van der Waals surface area contributed by atoms with Crippen LogP contribution in [0.5, 0.6) is 0 Å². The van der Waals surface area contributed by atoms with Gasteiger partial charge in [0.05, 0.1) is 4.92 Å². The van der Waals surface area contributed by atoms with Crippen molar-refractivity contribution in [1.82, 2.24) is 0 Å². The number of halogens is 1. The maximum atomic E-state index is 13.3. The first-order valence-electron chi connectivity index (χ1n) is 6.82. The highest BCUT2D eigenvalue weighted by atomic mass is 19.1. The lowest BCUT2D eigenvalue weighted by Gasteiger charge is -2.32. The summed E-state index contributed by atoms with van der Waals surface area (Å²) in [4.78, 5) is 10.5. The summed E-state index contributed by atoms with van der Waals surface area (Å²) in [6.45, 7) is 2.13. The summed E-state index contributed by atoms with van der Waals surface area (Å²) in [5.74, 6) is 0.0635. The minimum Gasteiger partial charge on any atom is -0.376 e. The molecule has 104 valence electrons. The van der Waals surface area contributed by atoms with Crippen molar-refractivity contribution in [3.8, 4) is 0 Å². The van der Waals surface area contributed by atoms with Gasteiger partial charge in [0.25, 0.3) is 5.69 Å². The number of nitrogens with one attached hydrogen (secondary N) is 1. The van der Waals surface area contributed by atoms with E-state index in [1.54, 1.807) is 0 Å². The molecule has 1 aliphatic rings. The zero-order chi connectivity index (χ0) is 13.8. The van der Waals surface area contributed by atoms with Crippen molar-refractivity contribution in [2.45, 2.75) is 45.1 Å². The summed E-state index contributed by atoms with van der Waals surface area (Å²) < 4.78 is 13.3. The lowest BCUT2D eigenvalue weighted by atomic mass is 9.83. The Morgan fingerprint density at radius 2 is 2.16 bits per heavy atom. The second-order valence-corrected chi connectivity index (χ2v) is 5.12. The van der Waals surface area contributed by atoms with Gasteiger partial charge in [-0.15, -0.1) is 0 Å². The van der Waals surface area contributed by atoms with Crippen LogP contribution in [-0.2, 0) is 0 Å². The van der Waals surface area contributed by atoms with Crippen molar-refractivity contribution in [3.05, 3.63) is 34.1 Å². The van der Waals surface area contributed by atoms with Crippen LogP contribution in [0.1, 0.15) is 39.0 Å². The monoisotopic (exact) mass is 266 g/mol. The number of rotatable bonds is 4. The van der Waals surface area contributed by atoms with E-state index in [2.05, 4.69) is 12.2 Å². The number of anilines is 1. The molecular weight excluding hydrogens is 247 g/mol. The molecule has 2 atom stereocenters. The molecule has 2 rings (SSSR count). The topological polar surface area (TPSA) is 55.2 Å². The average molecular weight is 266 g/mol. The van der Waals surface area contributed by atoms with Crippen molar-refractivity contribution in [2.75, 3.05) is 5.32 Å². The van der Waals surface area contributed by atoms with Crippen LogP contribution in [0.3, 0.4) is 0 Å².